The van der Waals surface area contributed by atoms with Crippen molar-refractivity contribution in [1.29, 1.82) is 0 Å². The van der Waals surface area contributed by atoms with Gasteiger partial charge in [-0.25, -0.2) is 8.78 Å². The molecule has 152 valence electrons. The molecule has 1 N–H and O–H groups in total. The van der Waals surface area contributed by atoms with E-state index in [1.54, 1.807) is 4.90 Å². The third kappa shape index (κ3) is 2.97. The van der Waals surface area contributed by atoms with Crippen LogP contribution in [0.3, 0.4) is 0 Å². The Kier molecular flexibility index (Phi) is 5.50. The molecule has 0 bridgehead atoms. The molecule has 10 heteroatoms. The average Bonchev–Trinajstić information content (AvgIpc) is 3.16. The number of halogens is 2. The highest BCUT2D eigenvalue weighted by molar-refractivity contribution is 5.98. The number of hydrogen-bond donors (Lipinski definition) is 1. The van der Waals surface area contributed by atoms with Gasteiger partial charge in [0.2, 0.25) is 5.91 Å². The highest BCUT2D eigenvalue weighted by Crippen LogP contribution is 2.45. The number of nitrogens with zero attached hydrogens (tertiary/aromatic N) is 2. The smallest absolute Gasteiger partial charge is 0.290 e. The van der Waals surface area contributed by atoms with Gasteiger partial charge in [-0.05, 0) is 18.6 Å². The topological polar surface area (TPSA) is 96.4 Å². The second-order valence-corrected chi connectivity index (χ2v) is 6.60. The van der Waals surface area contributed by atoms with E-state index in [4.69, 9.17) is 19.4 Å². The zero-order chi connectivity index (χ0) is 20.5. The third-order valence-electron chi connectivity index (χ3n) is 5.36. The van der Waals surface area contributed by atoms with Crippen molar-refractivity contribution in [3.63, 3.8) is 0 Å². The number of hydrogen-bond acceptors (Lipinski definition) is 5. The fourth-order valence-corrected chi connectivity index (χ4v) is 4.24. The fraction of sp³-hybridized carbons (Fsp3) is 0.500. The minimum absolute atomic E-state index is 0.0319. The molecule has 3 aliphatic rings. The Balaban J connectivity index is 0.000000706. The number of methoxy groups -OCH3 is 1. The van der Waals surface area contributed by atoms with Crippen LogP contribution in [0.25, 0.3) is 0 Å². The zero-order valence-electron chi connectivity index (χ0n) is 15.2. The van der Waals surface area contributed by atoms with Gasteiger partial charge in [0.15, 0.2) is 17.4 Å². The van der Waals surface area contributed by atoms with E-state index in [0.717, 1.165) is 12.5 Å². The summed E-state index contributed by atoms with van der Waals surface area (Å²) in [6, 6.07) is 1.64. The summed E-state index contributed by atoms with van der Waals surface area (Å²) in [5, 5.41) is 6.89. The second-order valence-electron chi connectivity index (χ2n) is 6.60. The van der Waals surface area contributed by atoms with E-state index in [0.29, 0.717) is 26.1 Å². The third-order valence-corrected chi connectivity index (χ3v) is 5.36. The summed E-state index contributed by atoms with van der Waals surface area (Å²) in [4.78, 5) is 36.8. The maximum atomic E-state index is 14.3. The molecule has 0 unspecified atom stereocenters. The number of carbonyl (C=O) groups excluding carboxylic acids is 2. The molecule has 1 aromatic rings. The normalized spacial score (nSPS) is 25.5. The van der Waals surface area contributed by atoms with Gasteiger partial charge in [-0.3, -0.25) is 14.4 Å². The molecule has 0 saturated carbocycles. The highest BCUT2D eigenvalue weighted by atomic mass is 19.2. The Labute approximate surface area is 159 Å². The van der Waals surface area contributed by atoms with Crippen molar-refractivity contribution >= 4 is 18.3 Å². The van der Waals surface area contributed by atoms with Crippen molar-refractivity contribution in [2.45, 2.75) is 31.0 Å². The first-order valence-electron chi connectivity index (χ1n) is 8.76. The SMILES string of the molecule is COc1ccc(F)c(F)c1C(=O)N1CC[C@@]23OCCCN2C(=O)C[C@@H]13.O=CO. The van der Waals surface area contributed by atoms with Crippen LogP contribution in [0.4, 0.5) is 8.78 Å². The largest absolute Gasteiger partial charge is 0.496 e. The Morgan fingerprint density at radius 2 is 2.11 bits per heavy atom. The van der Waals surface area contributed by atoms with Crippen molar-refractivity contribution < 1.29 is 37.7 Å². The molecule has 2 atom stereocenters. The van der Waals surface area contributed by atoms with Crippen LogP contribution in [-0.2, 0) is 14.3 Å². The van der Waals surface area contributed by atoms with Gasteiger partial charge in [0.25, 0.3) is 12.4 Å². The number of carbonyl (C=O) groups is 3. The summed E-state index contributed by atoms with van der Waals surface area (Å²) in [6.07, 6.45) is 1.35. The predicted octanol–water partition coefficient (Wildman–Crippen LogP) is 1.24. The lowest BCUT2D eigenvalue weighted by molar-refractivity contribution is -0.179. The van der Waals surface area contributed by atoms with E-state index in [2.05, 4.69) is 0 Å². The van der Waals surface area contributed by atoms with E-state index in [9.17, 15) is 18.4 Å². The first-order chi connectivity index (χ1) is 13.4. The van der Waals surface area contributed by atoms with Crippen LogP contribution in [0, 0.1) is 11.6 Å². The van der Waals surface area contributed by atoms with Crippen molar-refractivity contribution in [3.05, 3.63) is 29.3 Å². The van der Waals surface area contributed by atoms with Crippen LogP contribution >= 0.6 is 0 Å². The molecule has 4 rings (SSSR count). The molecule has 2 amide bonds. The number of likely N-dealkylation sites (tertiary alicyclic amines) is 1. The van der Waals surface area contributed by atoms with E-state index < -0.39 is 34.9 Å². The molecule has 1 spiro atoms. The number of carboxylic acid groups (broad SMARTS) is 1. The molecule has 28 heavy (non-hydrogen) atoms. The fourth-order valence-electron chi connectivity index (χ4n) is 4.24. The van der Waals surface area contributed by atoms with E-state index >= 15 is 0 Å². The van der Waals surface area contributed by atoms with Gasteiger partial charge in [-0.2, -0.15) is 0 Å². The van der Waals surface area contributed by atoms with E-state index in [1.807, 2.05) is 0 Å². The molecule has 8 nitrogen and oxygen atoms in total. The van der Waals surface area contributed by atoms with Gasteiger partial charge in [0, 0.05) is 19.5 Å². The van der Waals surface area contributed by atoms with Crippen molar-refractivity contribution in [2.75, 3.05) is 26.8 Å². The maximum Gasteiger partial charge on any atom is 0.290 e. The van der Waals surface area contributed by atoms with E-state index in [-0.39, 0.29) is 24.5 Å². The molecule has 3 aliphatic heterocycles. The summed E-state index contributed by atoms with van der Waals surface area (Å²) in [7, 11) is 1.29. The molecule has 0 aliphatic carbocycles. The summed E-state index contributed by atoms with van der Waals surface area (Å²) in [5.74, 6) is -3.14. The van der Waals surface area contributed by atoms with Crippen LogP contribution in [0.2, 0.25) is 0 Å². The Bertz CT molecular complexity index is 805. The second kappa shape index (κ2) is 7.70. The zero-order valence-corrected chi connectivity index (χ0v) is 15.2. The Morgan fingerprint density at radius 1 is 1.39 bits per heavy atom. The monoisotopic (exact) mass is 398 g/mol. The number of amides is 2. The molecule has 3 fully saturated rings. The lowest BCUT2D eigenvalue weighted by Crippen LogP contribution is -2.56. The Morgan fingerprint density at radius 3 is 2.79 bits per heavy atom. The predicted molar refractivity (Wildman–Crippen MR) is 90.7 cm³/mol. The maximum absolute atomic E-state index is 14.3. The van der Waals surface area contributed by atoms with Crippen LogP contribution in [0.5, 0.6) is 5.75 Å². The van der Waals surface area contributed by atoms with Crippen molar-refractivity contribution in [1.82, 2.24) is 9.80 Å². The van der Waals surface area contributed by atoms with Crippen LogP contribution in [-0.4, -0.2) is 71.8 Å². The molecule has 0 aromatic heterocycles. The number of benzene rings is 1. The number of ether oxygens (including phenoxy) is 2. The first-order valence-corrected chi connectivity index (χ1v) is 8.76. The van der Waals surface area contributed by atoms with Crippen LogP contribution < -0.4 is 4.74 Å². The van der Waals surface area contributed by atoms with Gasteiger partial charge < -0.3 is 24.4 Å². The van der Waals surface area contributed by atoms with Crippen molar-refractivity contribution in [3.8, 4) is 5.75 Å². The highest BCUT2D eigenvalue weighted by Gasteiger charge is 2.61. The van der Waals surface area contributed by atoms with E-state index in [1.165, 1.54) is 18.1 Å². The molecule has 0 radical (unpaired) electrons. The Hall–Kier alpha value is -2.75. The van der Waals surface area contributed by atoms with Gasteiger partial charge in [0.1, 0.15) is 11.3 Å². The lowest BCUT2D eigenvalue weighted by Gasteiger charge is -2.42. The summed E-state index contributed by atoms with van der Waals surface area (Å²) < 4.78 is 38.9. The van der Waals surface area contributed by atoms with Gasteiger partial charge in [-0.15, -0.1) is 0 Å². The summed E-state index contributed by atoms with van der Waals surface area (Å²) >= 11 is 0. The molecular formula is C18H20F2N2O6. The molecule has 1 aromatic carbocycles. The molecule has 3 heterocycles. The van der Waals surface area contributed by atoms with Crippen molar-refractivity contribution in [2.24, 2.45) is 0 Å². The minimum Gasteiger partial charge on any atom is -0.496 e. The molecule has 3 saturated heterocycles. The van der Waals surface area contributed by atoms with Crippen LogP contribution in [0.1, 0.15) is 29.6 Å². The summed E-state index contributed by atoms with van der Waals surface area (Å²) in [5.41, 5.74) is -1.27. The lowest BCUT2D eigenvalue weighted by atomic mass is 10.0. The van der Waals surface area contributed by atoms with Gasteiger partial charge >= 0.3 is 0 Å². The quantitative estimate of drug-likeness (QED) is 0.753. The van der Waals surface area contributed by atoms with Gasteiger partial charge in [-0.1, -0.05) is 0 Å². The minimum atomic E-state index is -1.24. The average molecular weight is 398 g/mol. The standard InChI is InChI=1S/C17H18F2N2O4.CH2O2/c1-24-11-4-3-10(18)15(19)14(11)16(23)20-7-5-17-12(20)9-13(22)21(17)6-2-8-25-17;2-1-3/h3-4,12H,2,5-9H2,1H3;1H,(H,2,3)/t12-,17+;/m1./s1. The van der Waals surface area contributed by atoms with Gasteiger partial charge in [0.05, 0.1) is 26.2 Å². The molecular weight excluding hydrogens is 378 g/mol. The first kappa shape index (κ1) is 20.0. The number of rotatable bonds is 2. The summed E-state index contributed by atoms with van der Waals surface area (Å²) in [6.45, 7) is 1.17. The van der Waals surface area contributed by atoms with Crippen LogP contribution in [0.15, 0.2) is 12.1 Å².